The van der Waals surface area contributed by atoms with Crippen molar-refractivity contribution in [2.45, 2.75) is 18.8 Å². The van der Waals surface area contributed by atoms with Crippen molar-refractivity contribution in [3.8, 4) is 0 Å². The summed E-state index contributed by atoms with van der Waals surface area (Å²) in [5.41, 5.74) is 0.637. The van der Waals surface area contributed by atoms with Crippen LogP contribution in [-0.2, 0) is 5.92 Å². The Bertz CT molecular complexity index is 468. The third-order valence-electron chi connectivity index (χ3n) is 2.91. The normalized spacial score (nSPS) is 13.4. The Morgan fingerprint density at radius 1 is 1.00 bits per heavy atom. The second-order valence-electron chi connectivity index (χ2n) is 3.99. The molecule has 1 aromatic heterocycles. The van der Waals surface area contributed by atoms with Gasteiger partial charge in [0.2, 0.25) is 0 Å². The summed E-state index contributed by atoms with van der Waals surface area (Å²) in [6, 6.07) is 11.5. The van der Waals surface area contributed by atoms with Gasteiger partial charge in [0, 0.05) is 23.9 Å². The van der Waals surface area contributed by atoms with Crippen LogP contribution in [0.3, 0.4) is 0 Å². The van der Waals surface area contributed by atoms with Crippen LogP contribution in [0, 0.1) is 0 Å². The van der Waals surface area contributed by atoms with Gasteiger partial charge >= 0.3 is 0 Å². The zero-order chi connectivity index (χ0) is 12.3. The molecule has 0 bridgehead atoms. The molecule has 2 aromatic rings. The maximum absolute atomic E-state index is 14.2. The van der Waals surface area contributed by atoms with E-state index in [4.69, 9.17) is 0 Å². The van der Waals surface area contributed by atoms with Gasteiger partial charge in [-0.25, -0.2) is 8.78 Å². The van der Waals surface area contributed by atoms with Gasteiger partial charge in [0.25, 0.3) is 5.92 Å². The molecule has 0 amide bonds. The Kier molecular flexibility index (Phi) is 3.18. The molecule has 0 aliphatic carbocycles. The highest BCUT2D eigenvalue weighted by molar-refractivity contribution is 5.27. The number of hydrogen-bond acceptors (Lipinski definition) is 1. The van der Waals surface area contributed by atoms with Gasteiger partial charge in [-0.05, 0) is 17.7 Å². The molecule has 0 saturated carbocycles. The molecule has 0 spiro atoms. The molecular weight excluding hydrogens is 220 g/mol. The Hall–Kier alpha value is -1.77. The molecule has 88 valence electrons. The van der Waals surface area contributed by atoms with Gasteiger partial charge in [-0.2, -0.15) is 0 Å². The average Bonchev–Trinajstić information content (AvgIpc) is 2.40. The molecule has 0 saturated heterocycles. The molecule has 0 radical (unpaired) electrons. The number of alkyl halides is 2. The third-order valence-corrected chi connectivity index (χ3v) is 2.91. The molecule has 1 heterocycles. The van der Waals surface area contributed by atoms with E-state index in [0.717, 1.165) is 0 Å². The Balaban J connectivity index is 2.33. The molecule has 0 aliphatic rings. The van der Waals surface area contributed by atoms with Crippen LogP contribution in [0.1, 0.15) is 24.0 Å². The first-order chi connectivity index (χ1) is 8.12. The standard InChI is InChI=1S/C14H13F2N/c1-11(12-5-3-2-4-6-12)14(15,16)13-7-9-17-10-8-13/h2-11H,1H3. The van der Waals surface area contributed by atoms with Crippen molar-refractivity contribution in [2.75, 3.05) is 0 Å². The van der Waals surface area contributed by atoms with Crippen molar-refractivity contribution in [3.63, 3.8) is 0 Å². The van der Waals surface area contributed by atoms with Gasteiger partial charge in [-0.3, -0.25) is 4.98 Å². The van der Waals surface area contributed by atoms with Gasteiger partial charge in [0.15, 0.2) is 0 Å². The van der Waals surface area contributed by atoms with E-state index in [1.165, 1.54) is 31.5 Å². The first kappa shape index (κ1) is 11.7. The van der Waals surface area contributed by atoms with Crippen LogP contribution in [-0.4, -0.2) is 4.98 Å². The molecule has 1 aromatic carbocycles. The smallest absolute Gasteiger partial charge is 0.265 e. The van der Waals surface area contributed by atoms with Crippen molar-refractivity contribution >= 4 is 0 Å². The molecule has 2 rings (SSSR count). The molecule has 1 unspecified atom stereocenters. The van der Waals surface area contributed by atoms with E-state index in [-0.39, 0.29) is 5.56 Å². The number of pyridine rings is 1. The van der Waals surface area contributed by atoms with Crippen LogP contribution in [0.15, 0.2) is 54.9 Å². The van der Waals surface area contributed by atoms with Crippen molar-refractivity contribution in [3.05, 3.63) is 66.0 Å². The maximum atomic E-state index is 14.2. The second kappa shape index (κ2) is 4.62. The zero-order valence-corrected chi connectivity index (χ0v) is 9.48. The van der Waals surface area contributed by atoms with Crippen LogP contribution in [0.4, 0.5) is 8.78 Å². The van der Waals surface area contributed by atoms with Crippen LogP contribution in [0.5, 0.6) is 0 Å². The van der Waals surface area contributed by atoms with E-state index in [0.29, 0.717) is 5.56 Å². The fraction of sp³-hybridized carbons (Fsp3) is 0.214. The van der Waals surface area contributed by atoms with E-state index >= 15 is 0 Å². The third kappa shape index (κ3) is 2.33. The predicted molar refractivity (Wildman–Crippen MR) is 63.0 cm³/mol. The summed E-state index contributed by atoms with van der Waals surface area (Å²) in [6.45, 7) is 1.54. The Labute approximate surface area is 99.1 Å². The number of aromatic nitrogens is 1. The van der Waals surface area contributed by atoms with E-state index in [1.54, 1.807) is 24.3 Å². The zero-order valence-electron chi connectivity index (χ0n) is 9.48. The number of benzene rings is 1. The lowest BCUT2D eigenvalue weighted by molar-refractivity contribution is -0.0286. The summed E-state index contributed by atoms with van der Waals surface area (Å²) in [6.07, 6.45) is 2.78. The average molecular weight is 233 g/mol. The van der Waals surface area contributed by atoms with Crippen LogP contribution >= 0.6 is 0 Å². The van der Waals surface area contributed by atoms with Crippen molar-refractivity contribution < 1.29 is 8.78 Å². The van der Waals surface area contributed by atoms with Gasteiger partial charge in [0.1, 0.15) is 0 Å². The van der Waals surface area contributed by atoms with Crippen molar-refractivity contribution in [2.24, 2.45) is 0 Å². The van der Waals surface area contributed by atoms with Crippen LogP contribution < -0.4 is 0 Å². The first-order valence-electron chi connectivity index (χ1n) is 5.45. The molecule has 1 nitrogen and oxygen atoms in total. The molecular formula is C14H13F2N. The Morgan fingerprint density at radius 2 is 1.59 bits per heavy atom. The maximum Gasteiger partial charge on any atom is 0.279 e. The van der Waals surface area contributed by atoms with Crippen molar-refractivity contribution in [1.29, 1.82) is 0 Å². The van der Waals surface area contributed by atoms with Gasteiger partial charge in [-0.15, -0.1) is 0 Å². The summed E-state index contributed by atoms with van der Waals surface area (Å²) < 4.78 is 28.4. The van der Waals surface area contributed by atoms with Crippen molar-refractivity contribution in [1.82, 2.24) is 4.98 Å². The van der Waals surface area contributed by atoms with Crippen LogP contribution in [0.2, 0.25) is 0 Å². The minimum Gasteiger partial charge on any atom is -0.265 e. The largest absolute Gasteiger partial charge is 0.279 e. The highest BCUT2D eigenvalue weighted by Crippen LogP contribution is 2.41. The van der Waals surface area contributed by atoms with Gasteiger partial charge in [-0.1, -0.05) is 37.3 Å². The van der Waals surface area contributed by atoms with E-state index in [2.05, 4.69) is 4.98 Å². The molecule has 17 heavy (non-hydrogen) atoms. The summed E-state index contributed by atoms with van der Waals surface area (Å²) in [4.78, 5) is 3.76. The van der Waals surface area contributed by atoms with Gasteiger partial charge < -0.3 is 0 Å². The van der Waals surface area contributed by atoms with E-state index < -0.39 is 11.8 Å². The molecule has 0 aliphatic heterocycles. The van der Waals surface area contributed by atoms with E-state index in [9.17, 15) is 8.78 Å². The number of hydrogen-bond donors (Lipinski definition) is 0. The SMILES string of the molecule is CC(c1ccccc1)C(F)(F)c1ccncc1. The number of halogens is 2. The summed E-state index contributed by atoms with van der Waals surface area (Å²) in [5.74, 6) is -3.74. The Morgan fingerprint density at radius 3 is 2.18 bits per heavy atom. The van der Waals surface area contributed by atoms with E-state index in [1.807, 2.05) is 6.07 Å². The predicted octanol–water partition coefficient (Wildman–Crippen LogP) is 3.98. The lowest BCUT2D eigenvalue weighted by atomic mass is 9.90. The fourth-order valence-electron chi connectivity index (χ4n) is 1.78. The fourth-order valence-corrected chi connectivity index (χ4v) is 1.78. The lowest BCUT2D eigenvalue weighted by Crippen LogP contribution is -2.21. The number of rotatable bonds is 3. The van der Waals surface area contributed by atoms with Crippen LogP contribution in [0.25, 0.3) is 0 Å². The van der Waals surface area contributed by atoms with Gasteiger partial charge in [0.05, 0.1) is 0 Å². The number of nitrogens with zero attached hydrogens (tertiary/aromatic N) is 1. The summed E-state index contributed by atoms with van der Waals surface area (Å²) >= 11 is 0. The second-order valence-corrected chi connectivity index (χ2v) is 3.99. The molecule has 0 N–H and O–H groups in total. The lowest BCUT2D eigenvalue weighted by Gasteiger charge is -2.24. The molecule has 3 heteroatoms. The topological polar surface area (TPSA) is 12.9 Å². The highest BCUT2D eigenvalue weighted by atomic mass is 19.3. The molecule has 1 atom stereocenters. The minimum atomic E-state index is -2.88. The molecule has 0 fully saturated rings. The summed E-state index contributed by atoms with van der Waals surface area (Å²) in [5, 5.41) is 0. The monoisotopic (exact) mass is 233 g/mol. The minimum absolute atomic E-state index is 0.00357. The quantitative estimate of drug-likeness (QED) is 0.781. The summed E-state index contributed by atoms with van der Waals surface area (Å²) in [7, 11) is 0. The first-order valence-corrected chi connectivity index (χ1v) is 5.45. The highest BCUT2D eigenvalue weighted by Gasteiger charge is 2.39.